The van der Waals surface area contributed by atoms with Crippen LogP contribution in [0.4, 0.5) is 0 Å². The number of carbonyl (C=O) groups is 1. The predicted octanol–water partition coefficient (Wildman–Crippen LogP) is 5.16. The minimum Gasteiger partial charge on any atom is -0.348 e. The first-order valence-electron chi connectivity index (χ1n) is 6.79. The van der Waals surface area contributed by atoms with Crippen LogP contribution in [0.3, 0.4) is 0 Å². The first-order chi connectivity index (χ1) is 9.95. The molecule has 0 aliphatic rings. The van der Waals surface area contributed by atoms with Gasteiger partial charge in [0, 0.05) is 21.6 Å². The van der Waals surface area contributed by atoms with E-state index in [9.17, 15) is 4.79 Å². The quantitative estimate of drug-likeness (QED) is 0.796. The summed E-state index contributed by atoms with van der Waals surface area (Å²) in [7, 11) is 0. The predicted molar refractivity (Wildman–Crippen MR) is 90.9 cm³/mol. The molecular formula is C17H17BrClNO. The summed E-state index contributed by atoms with van der Waals surface area (Å²) >= 11 is 9.28. The minimum absolute atomic E-state index is 0.133. The maximum Gasteiger partial charge on any atom is 0.251 e. The lowest BCUT2D eigenvalue weighted by atomic mass is 10.0. The summed E-state index contributed by atoms with van der Waals surface area (Å²) < 4.78 is 0.793. The van der Waals surface area contributed by atoms with Gasteiger partial charge in [0.1, 0.15) is 0 Å². The molecule has 0 saturated heterocycles. The summed E-state index contributed by atoms with van der Waals surface area (Å²) in [4.78, 5) is 12.1. The Morgan fingerprint density at radius 1 is 1.19 bits per heavy atom. The second-order valence-corrected chi connectivity index (χ2v) is 6.59. The van der Waals surface area contributed by atoms with Gasteiger partial charge >= 0.3 is 0 Å². The monoisotopic (exact) mass is 365 g/mol. The molecule has 0 saturated carbocycles. The van der Waals surface area contributed by atoms with E-state index >= 15 is 0 Å². The molecule has 1 N–H and O–H groups in total. The van der Waals surface area contributed by atoms with Crippen LogP contribution in [0.5, 0.6) is 0 Å². The van der Waals surface area contributed by atoms with E-state index in [4.69, 9.17) is 11.6 Å². The molecule has 110 valence electrons. The van der Waals surface area contributed by atoms with Crippen LogP contribution in [0.1, 0.15) is 41.3 Å². The Balaban J connectivity index is 2.00. The summed E-state index contributed by atoms with van der Waals surface area (Å²) in [6.07, 6.45) is 0. The number of benzene rings is 2. The van der Waals surface area contributed by atoms with Crippen molar-refractivity contribution in [2.45, 2.75) is 26.3 Å². The Bertz CT molecular complexity index is 617. The first-order valence-corrected chi connectivity index (χ1v) is 7.96. The van der Waals surface area contributed by atoms with Crippen molar-refractivity contribution >= 4 is 33.4 Å². The molecule has 0 aliphatic carbocycles. The molecule has 21 heavy (non-hydrogen) atoms. The van der Waals surface area contributed by atoms with Gasteiger partial charge in [-0.15, -0.1) is 0 Å². The van der Waals surface area contributed by atoms with Crippen LogP contribution >= 0.6 is 27.5 Å². The van der Waals surface area contributed by atoms with Gasteiger partial charge in [-0.1, -0.05) is 65.6 Å². The Kier molecular flexibility index (Phi) is 5.43. The van der Waals surface area contributed by atoms with Crippen molar-refractivity contribution in [3.63, 3.8) is 0 Å². The highest BCUT2D eigenvalue weighted by Crippen LogP contribution is 2.19. The molecule has 0 heterocycles. The van der Waals surface area contributed by atoms with Crippen LogP contribution in [0.25, 0.3) is 0 Å². The molecule has 2 aromatic carbocycles. The second kappa shape index (κ2) is 7.10. The van der Waals surface area contributed by atoms with E-state index in [1.165, 1.54) is 5.56 Å². The second-order valence-electron chi connectivity index (χ2n) is 5.24. The molecule has 0 radical (unpaired) electrons. The van der Waals surface area contributed by atoms with Crippen molar-refractivity contribution in [2.75, 3.05) is 0 Å². The molecule has 2 aromatic rings. The van der Waals surface area contributed by atoms with Gasteiger partial charge in [-0.3, -0.25) is 4.79 Å². The molecule has 0 spiro atoms. The summed E-state index contributed by atoms with van der Waals surface area (Å²) in [5.74, 6) is 0.378. The van der Waals surface area contributed by atoms with E-state index in [0.717, 1.165) is 10.0 Å². The zero-order valence-electron chi connectivity index (χ0n) is 12.0. The van der Waals surface area contributed by atoms with Crippen molar-refractivity contribution < 1.29 is 4.79 Å². The highest BCUT2D eigenvalue weighted by Gasteiger charge is 2.07. The van der Waals surface area contributed by atoms with Crippen molar-refractivity contribution in [3.8, 4) is 0 Å². The fourth-order valence-electron chi connectivity index (χ4n) is 1.99. The third-order valence-electron chi connectivity index (χ3n) is 3.22. The molecule has 0 fully saturated rings. The fraction of sp³-hybridized carbons (Fsp3) is 0.235. The fourth-order valence-corrected chi connectivity index (χ4v) is 2.85. The van der Waals surface area contributed by atoms with E-state index < -0.39 is 0 Å². The van der Waals surface area contributed by atoms with Crippen molar-refractivity contribution in [3.05, 3.63) is 68.7 Å². The maximum atomic E-state index is 12.1. The zero-order valence-corrected chi connectivity index (χ0v) is 14.3. The lowest BCUT2D eigenvalue weighted by Gasteiger charge is -2.09. The molecule has 1 amide bonds. The van der Waals surface area contributed by atoms with Gasteiger partial charge in [0.25, 0.3) is 5.91 Å². The Hall–Kier alpha value is -1.32. The lowest BCUT2D eigenvalue weighted by Crippen LogP contribution is -2.22. The van der Waals surface area contributed by atoms with E-state index in [2.05, 4.69) is 47.2 Å². The summed E-state index contributed by atoms with van der Waals surface area (Å²) in [5, 5.41) is 3.44. The molecule has 2 rings (SSSR count). The van der Waals surface area contributed by atoms with E-state index in [1.54, 1.807) is 18.2 Å². The Labute approximate surface area is 138 Å². The van der Waals surface area contributed by atoms with E-state index in [-0.39, 0.29) is 5.91 Å². The number of rotatable bonds is 4. The average molecular weight is 367 g/mol. The number of nitrogens with one attached hydrogen (secondary N) is 1. The highest BCUT2D eigenvalue weighted by molar-refractivity contribution is 9.10. The van der Waals surface area contributed by atoms with Gasteiger partial charge < -0.3 is 5.32 Å². The van der Waals surface area contributed by atoms with E-state index in [1.807, 2.05) is 12.1 Å². The third-order valence-corrected chi connectivity index (χ3v) is 3.90. The number of carbonyl (C=O) groups excluding carboxylic acids is 1. The topological polar surface area (TPSA) is 29.1 Å². The molecule has 2 nitrogen and oxygen atoms in total. The first kappa shape index (κ1) is 16.1. The van der Waals surface area contributed by atoms with Gasteiger partial charge in [0.2, 0.25) is 0 Å². The molecule has 4 heteroatoms. The van der Waals surface area contributed by atoms with Gasteiger partial charge in [-0.2, -0.15) is 0 Å². The minimum atomic E-state index is -0.133. The smallest absolute Gasteiger partial charge is 0.251 e. The summed E-state index contributed by atoms with van der Waals surface area (Å²) in [6, 6.07) is 13.5. The molecule has 0 atom stereocenters. The van der Waals surface area contributed by atoms with Crippen molar-refractivity contribution in [1.29, 1.82) is 0 Å². The van der Waals surface area contributed by atoms with E-state index in [0.29, 0.717) is 23.0 Å². The zero-order chi connectivity index (χ0) is 15.4. The van der Waals surface area contributed by atoms with Crippen LogP contribution < -0.4 is 5.32 Å². The molecule has 0 aliphatic heterocycles. The normalized spacial score (nSPS) is 10.7. The SMILES string of the molecule is CC(C)c1ccc(CNC(=O)c2cc(Cl)cc(Br)c2)cc1. The van der Waals surface area contributed by atoms with Crippen LogP contribution in [0, 0.1) is 0 Å². The summed E-state index contributed by atoms with van der Waals surface area (Å²) in [6.45, 7) is 4.82. The van der Waals surface area contributed by atoms with Crippen LogP contribution in [-0.4, -0.2) is 5.91 Å². The van der Waals surface area contributed by atoms with Gasteiger partial charge in [0.15, 0.2) is 0 Å². The molecule has 0 unspecified atom stereocenters. The van der Waals surface area contributed by atoms with Crippen molar-refractivity contribution in [2.24, 2.45) is 0 Å². The Morgan fingerprint density at radius 3 is 2.43 bits per heavy atom. The molecule has 0 bridgehead atoms. The van der Waals surface area contributed by atoms with Gasteiger partial charge in [-0.25, -0.2) is 0 Å². The number of hydrogen-bond donors (Lipinski definition) is 1. The van der Waals surface area contributed by atoms with Crippen LogP contribution in [0.15, 0.2) is 46.9 Å². The molecular weight excluding hydrogens is 350 g/mol. The molecule has 0 aromatic heterocycles. The number of hydrogen-bond acceptors (Lipinski definition) is 1. The highest BCUT2D eigenvalue weighted by atomic mass is 79.9. The van der Waals surface area contributed by atoms with Gasteiger partial charge in [-0.05, 0) is 35.2 Å². The van der Waals surface area contributed by atoms with Crippen LogP contribution in [-0.2, 0) is 6.54 Å². The Morgan fingerprint density at radius 2 is 1.86 bits per heavy atom. The average Bonchev–Trinajstić information content (AvgIpc) is 2.44. The standard InChI is InChI=1S/C17H17BrClNO/c1-11(2)13-5-3-12(4-6-13)10-20-17(21)14-7-15(18)9-16(19)8-14/h3-9,11H,10H2,1-2H3,(H,20,21). The lowest BCUT2D eigenvalue weighted by molar-refractivity contribution is 0.0951. The van der Waals surface area contributed by atoms with Crippen molar-refractivity contribution in [1.82, 2.24) is 5.32 Å². The van der Waals surface area contributed by atoms with Gasteiger partial charge in [0.05, 0.1) is 0 Å². The largest absolute Gasteiger partial charge is 0.348 e. The summed E-state index contributed by atoms with van der Waals surface area (Å²) in [5.41, 5.74) is 2.92. The van der Waals surface area contributed by atoms with Crippen LogP contribution in [0.2, 0.25) is 5.02 Å². The number of halogens is 2. The maximum absolute atomic E-state index is 12.1. The third kappa shape index (κ3) is 4.58. The number of amides is 1.